The molecule has 2 aromatic carbocycles. The smallest absolute Gasteiger partial charge is 0.257 e. The Morgan fingerprint density at radius 2 is 1.43 bits per heavy atom. The molecule has 2 rings (SSSR count). The number of rotatable bonds is 7. The van der Waals surface area contributed by atoms with Crippen molar-refractivity contribution in [2.45, 2.75) is 36.8 Å². The van der Waals surface area contributed by atoms with Gasteiger partial charge in [-0.3, -0.25) is 0 Å². The van der Waals surface area contributed by atoms with Crippen LogP contribution >= 0.6 is 22.6 Å². The van der Waals surface area contributed by atoms with Crippen molar-refractivity contribution in [1.82, 2.24) is 0 Å². The van der Waals surface area contributed by atoms with Crippen molar-refractivity contribution in [1.29, 1.82) is 0 Å². The summed E-state index contributed by atoms with van der Waals surface area (Å²) in [6, 6.07) is 22.8. The molecule has 0 aliphatic heterocycles. The molecule has 0 radical (unpaired) electrons. The Hall–Kier alpha value is -0.653. The maximum atomic E-state index is 6.64. The van der Waals surface area contributed by atoms with Crippen LogP contribution in [0.3, 0.4) is 0 Å². The highest BCUT2D eigenvalue weighted by molar-refractivity contribution is 14.1. The van der Waals surface area contributed by atoms with Crippen LogP contribution in [0.2, 0.25) is 6.04 Å². The van der Waals surface area contributed by atoms with E-state index in [1.807, 2.05) is 0 Å². The van der Waals surface area contributed by atoms with Crippen molar-refractivity contribution in [2.75, 3.05) is 0 Å². The predicted octanol–water partition coefficient (Wildman–Crippen LogP) is 4.34. The summed E-state index contributed by atoms with van der Waals surface area (Å²) in [6.45, 7) is 4.39. The first-order chi connectivity index (χ1) is 10.2. The average molecular weight is 410 g/mol. The van der Waals surface area contributed by atoms with Gasteiger partial charge in [-0.15, -0.1) is 0 Å². The van der Waals surface area contributed by atoms with E-state index in [1.54, 1.807) is 0 Å². The van der Waals surface area contributed by atoms with Gasteiger partial charge in [0.05, 0.1) is 4.11 Å². The van der Waals surface area contributed by atoms with Gasteiger partial charge in [0.2, 0.25) is 0 Å². The van der Waals surface area contributed by atoms with Crippen molar-refractivity contribution >= 4 is 41.3 Å². The number of halogens is 1. The first-order valence-corrected chi connectivity index (χ1v) is 11.0. The molecule has 0 fully saturated rings. The summed E-state index contributed by atoms with van der Waals surface area (Å²) in [5.74, 6) is 0. The average Bonchev–Trinajstić information content (AvgIpc) is 2.53. The molecule has 0 bridgehead atoms. The second-order valence-corrected chi connectivity index (χ2v) is 10.6. The fourth-order valence-corrected chi connectivity index (χ4v) is 8.24. The van der Waals surface area contributed by atoms with E-state index in [2.05, 4.69) is 97.1 Å². The first-order valence-electron chi connectivity index (χ1n) is 7.62. The number of benzene rings is 2. The van der Waals surface area contributed by atoms with Crippen LogP contribution < -0.4 is 10.4 Å². The molecule has 1 unspecified atom stereocenters. The summed E-state index contributed by atoms with van der Waals surface area (Å²) in [5, 5.41) is 2.77. The fourth-order valence-electron chi connectivity index (χ4n) is 2.77. The molecule has 1 nitrogen and oxygen atoms in total. The standard InChI is InChI=1S/C18H23IOSi/c1-3-4-15-21(20-16(2)19,17-11-7-5-8-12-17)18-13-9-6-10-14-18/h5-14,16H,3-4,15H2,1-2H3. The molecule has 2 aromatic rings. The van der Waals surface area contributed by atoms with Gasteiger partial charge >= 0.3 is 0 Å². The monoisotopic (exact) mass is 410 g/mol. The van der Waals surface area contributed by atoms with E-state index in [1.165, 1.54) is 23.2 Å². The Kier molecular flexibility index (Phi) is 6.45. The third-order valence-corrected chi connectivity index (χ3v) is 8.81. The number of unbranched alkanes of at least 4 members (excludes halogenated alkanes) is 1. The van der Waals surface area contributed by atoms with E-state index >= 15 is 0 Å². The maximum absolute atomic E-state index is 6.64. The van der Waals surface area contributed by atoms with Gasteiger partial charge in [0, 0.05) is 0 Å². The van der Waals surface area contributed by atoms with Crippen LogP contribution in [-0.2, 0) is 4.43 Å². The van der Waals surface area contributed by atoms with Gasteiger partial charge < -0.3 is 4.43 Å². The fraction of sp³-hybridized carbons (Fsp3) is 0.333. The van der Waals surface area contributed by atoms with E-state index in [-0.39, 0.29) is 4.11 Å². The predicted molar refractivity (Wildman–Crippen MR) is 102 cm³/mol. The molecule has 0 amide bonds. The lowest BCUT2D eigenvalue weighted by Gasteiger charge is -2.34. The van der Waals surface area contributed by atoms with Crippen LogP contribution in [0.15, 0.2) is 60.7 Å². The van der Waals surface area contributed by atoms with E-state index in [0.717, 1.165) is 6.04 Å². The summed E-state index contributed by atoms with van der Waals surface area (Å²) < 4.78 is 6.85. The zero-order valence-electron chi connectivity index (χ0n) is 12.8. The lowest BCUT2D eigenvalue weighted by molar-refractivity contribution is 0.319. The summed E-state index contributed by atoms with van der Waals surface area (Å²) in [4.78, 5) is 0. The van der Waals surface area contributed by atoms with Gasteiger partial charge in [-0.25, -0.2) is 0 Å². The van der Waals surface area contributed by atoms with Crippen LogP contribution in [0.25, 0.3) is 0 Å². The van der Waals surface area contributed by atoms with Crippen LogP contribution in [0.1, 0.15) is 26.7 Å². The van der Waals surface area contributed by atoms with Crippen molar-refractivity contribution < 1.29 is 4.43 Å². The number of hydrogen-bond acceptors (Lipinski definition) is 1. The Morgan fingerprint density at radius 1 is 0.952 bits per heavy atom. The van der Waals surface area contributed by atoms with Gasteiger partial charge in [0.25, 0.3) is 8.32 Å². The molecule has 0 spiro atoms. The van der Waals surface area contributed by atoms with Gasteiger partial charge in [-0.2, -0.15) is 0 Å². The topological polar surface area (TPSA) is 9.23 Å². The number of alkyl halides is 1. The van der Waals surface area contributed by atoms with E-state index in [9.17, 15) is 0 Å². The Balaban J connectivity index is 2.53. The van der Waals surface area contributed by atoms with Crippen molar-refractivity contribution in [3.8, 4) is 0 Å². The van der Waals surface area contributed by atoms with E-state index in [4.69, 9.17) is 4.43 Å². The molecule has 21 heavy (non-hydrogen) atoms. The van der Waals surface area contributed by atoms with Crippen molar-refractivity contribution in [3.05, 3.63) is 60.7 Å². The summed E-state index contributed by atoms with van der Waals surface area (Å²) >= 11 is 2.39. The quantitative estimate of drug-likeness (QED) is 0.375. The Labute approximate surface area is 143 Å². The third-order valence-electron chi connectivity index (χ3n) is 3.73. The van der Waals surface area contributed by atoms with Gasteiger partial charge in [0.15, 0.2) is 0 Å². The zero-order valence-corrected chi connectivity index (χ0v) is 15.9. The van der Waals surface area contributed by atoms with Crippen LogP contribution in [0.5, 0.6) is 0 Å². The minimum atomic E-state index is -2.14. The molecule has 0 saturated carbocycles. The highest BCUT2D eigenvalue weighted by Gasteiger charge is 2.39. The molecule has 0 N–H and O–H groups in total. The Morgan fingerprint density at radius 3 is 1.81 bits per heavy atom. The molecule has 0 aliphatic carbocycles. The highest BCUT2D eigenvalue weighted by atomic mass is 127. The molecule has 0 aromatic heterocycles. The lowest BCUT2D eigenvalue weighted by Crippen LogP contribution is -2.61. The summed E-state index contributed by atoms with van der Waals surface area (Å²) in [5.41, 5.74) is 0. The van der Waals surface area contributed by atoms with Crippen LogP contribution in [0, 0.1) is 0 Å². The molecular weight excluding hydrogens is 387 g/mol. The van der Waals surface area contributed by atoms with E-state index in [0.29, 0.717) is 0 Å². The number of hydrogen-bond donors (Lipinski definition) is 0. The summed E-state index contributed by atoms with van der Waals surface area (Å²) in [6.07, 6.45) is 2.41. The second-order valence-electron chi connectivity index (χ2n) is 5.32. The zero-order chi connectivity index (χ0) is 15.1. The molecule has 0 saturated heterocycles. The van der Waals surface area contributed by atoms with Crippen LogP contribution in [-0.4, -0.2) is 12.4 Å². The normalized spacial score (nSPS) is 13.1. The van der Waals surface area contributed by atoms with Crippen LogP contribution in [0.4, 0.5) is 0 Å². The Bertz CT molecular complexity index is 488. The van der Waals surface area contributed by atoms with Gasteiger partial charge in [-0.05, 0) is 23.3 Å². The van der Waals surface area contributed by atoms with Gasteiger partial charge in [-0.1, -0.05) is 103 Å². The van der Waals surface area contributed by atoms with E-state index < -0.39 is 8.32 Å². The molecular formula is C18H23IOSi. The highest BCUT2D eigenvalue weighted by Crippen LogP contribution is 2.20. The van der Waals surface area contributed by atoms with Crippen molar-refractivity contribution in [3.63, 3.8) is 0 Å². The minimum absolute atomic E-state index is 0.214. The minimum Gasteiger partial charge on any atom is -0.397 e. The third kappa shape index (κ3) is 4.17. The molecule has 0 heterocycles. The molecule has 0 aliphatic rings. The SMILES string of the molecule is CCCC[Si](OC(C)I)(c1ccccc1)c1ccccc1. The largest absolute Gasteiger partial charge is 0.397 e. The molecule has 1 atom stereocenters. The first kappa shape index (κ1) is 16.7. The second kappa shape index (κ2) is 8.10. The maximum Gasteiger partial charge on any atom is 0.257 e. The van der Waals surface area contributed by atoms with Gasteiger partial charge in [0.1, 0.15) is 0 Å². The van der Waals surface area contributed by atoms with Crippen molar-refractivity contribution in [2.24, 2.45) is 0 Å². The molecule has 112 valence electrons. The molecule has 3 heteroatoms. The summed E-state index contributed by atoms with van der Waals surface area (Å²) in [7, 11) is -2.14. The lowest BCUT2D eigenvalue weighted by atomic mass is 10.4.